The van der Waals surface area contributed by atoms with E-state index in [1.54, 1.807) is 12.1 Å². The third kappa shape index (κ3) is 6.49. The average molecular weight is 590 g/mol. The summed E-state index contributed by atoms with van der Waals surface area (Å²) in [4.78, 5) is 24.6. The van der Waals surface area contributed by atoms with Crippen molar-refractivity contribution >= 4 is 21.4 Å². The van der Waals surface area contributed by atoms with Crippen LogP contribution in [0, 0.1) is 6.92 Å². The van der Waals surface area contributed by atoms with E-state index in [-0.39, 0.29) is 22.3 Å². The molecule has 0 heterocycles. The molecule has 0 bridgehead atoms. The van der Waals surface area contributed by atoms with Crippen LogP contribution in [0.3, 0.4) is 0 Å². The fourth-order valence-corrected chi connectivity index (χ4v) is 5.94. The van der Waals surface area contributed by atoms with Gasteiger partial charge in [0.1, 0.15) is 11.4 Å². The van der Waals surface area contributed by atoms with E-state index in [4.69, 9.17) is 0 Å². The molecule has 3 aromatic carbocycles. The largest absolute Gasteiger partial charge is 0.416 e. The Morgan fingerprint density at radius 3 is 1.88 bits per heavy atom. The number of anilines is 2. The Balaban J connectivity index is 1.53. The van der Waals surface area contributed by atoms with Gasteiger partial charge in [-0.1, -0.05) is 30.5 Å². The Kier molecular flexibility index (Phi) is 8.05. The fourth-order valence-electron chi connectivity index (χ4n) is 4.62. The Hall–Kier alpha value is -3.39. The summed E-state index contributed by atoms with van der Waals surface area (Å²) in [7, 11) is -3.91. The van der Waals surface area contributed by atoms with Crippen LogP contribution in [0.25, 0.3) is 0 Å². The van der Waals surface area contributed by atoms with Crippen LogP contribution in [0.2, 0.25) is 0 Å². The number of aryl methyl sites for hydroxylation is 1. The topological polar surface area (TPSA) is 104 Å². The minimum absolute atomic E-state index is 0.00531. The number of sulfonamides is 1. The lowest BCUT2D eigenvalue weighted by Gasteiger charge is -2.34. The van der Waals surface area contributed by atoms with Crippen molar-refractivity contribution in [3.05, 3.63) is 85.2 Å². The lowest BCUT2D eigenvalue weighted by Crippen LogP contribution is -2.50. The molecule has 0 unspecified atom stereocenters. The maximum atomic E-state index is 13.2. The predicted molar refractivity (Wildman–Crippen MR) is 136 cm³/mol. The number of nitrogens with one attached hydrogen (secondary N) is 3. The molecule has 1 aliphatic carbocycles. The number of hydrogen-bond donors (Lipinski definition) is 3. The highest BCUT2D eigenvalue weighted by Gasteiger charge is 2.37. The van der Waals surface area contributed by atoms with Crippen LogP contribution in [-0.4, -0.2) is 20.5 Å². The summed E-state index contributed by atoms with van der Waals surface area (Å²) in [6, 6.07) is 6.02. The van der Waals surface area contributed by atoms with Gasteiger partial charge in [0.05, 0.1) is 16.0 Å². The summed E-state index contributed by atoms with van der Waals surface area (Å²) in [5.41, 5.74) is -4.94. The lowest BCUT2D eigenvalue weighted by molar-refractivity contribution is -0.143. The first-order valence-corrected chi connectivity index (χ1v) is 13.8. The monoisotopic (exact) mass is 589 g/mol. The number of alkyl halides is 6. The van der Waals surface area contributed by atoms with E-state index in [9.17, 15) is 44.3 Å². The molecule has 1 fully saturated rings. The standard InChI is InChI=1S/C26H25F6N3O4S/c1-14-6-8-18(9-7-14)40(38,39)35-20-5-3-2-4-19(20)34-22-21(23(36)24(22)37)33-13-15-10-16(25(27,28)29)12-17(11-15)26(30,31)32/h6-12,19-20,33-35H,2-5,13H2,1H3/t19-,20-/m1/s1. The van der Waals surface area contributed by atoms with E-state index in [0.717, 1.165) is 5.56 Å². The zero-order chi connectivity index (χ0) is 29.5. The highest BCUT2D eigenvalue weighted by Crippen LogP contribution is 2.36. The van der Waals surface area contributed by atoms with E-state index in [1.807, 2.05) is 6.92 Å². The molecule has 0 saturated heterocycles. The molecule has 7 nitrogen and oxygen atoms in total. The second-order valence-corrected chi connectivity index (χ2v) is 11.5. The molecule has 216 valence electrons. The highest BCUT2D eigenvalue weighted by molar-refractivity contribution is 7.89. The van der Waals surface area contributed by atoms with Gasteiger partial charge in [-0.05, 0) is 55.7 Å². The van der Waals surface area contributed by atoms with E-state index >= 15 is 0 Å². The predicted octanol–water partition coefficient (Wildman–Crippen LogP) is 4.94. The minimum Gasteiger partial charge on any atom is -0.376 e. The summed E-state index contributed by atoms with van der Waals surface area (Å²) >= 11 is 0. The average Bonchev–Trinajstić information content (AvgIpc) is 2.87. The van der Waals surface area contributed by atoms with Gasteiger partial charge < -0.3 is 10.6 Å². The summed E-state index contributed by atoms with van der Waals surface area (Å²) in [6.45, 7) is 1.21. The molecule has 2 atom stereocenters. The molecular formula is C26H25F6N3O4S. The van der Waals surface area contributed by atoms with Crippen molar-refractivity contribution in [2.45, 2.75) is 68.5 Å². The smallest absolute Gasteiger partial charge is 0.376 e. The van der Waals surface area contributed by atoms with Gasteiger partial charge in [0, 0.05) is 18.6 Å². The molecule has 0 spiro atoms. The van der Waals surface area contributed by atoms with Crippen molar-refractivity contribution in [1.82, 2.24) is 4.72 Å². The Bertz CT molecular complexity index is 1530. The molecule has 1 saturated carbocycles. The van der Waals surface area contributed by atoms with Crippen molar-refractivity contribution in [2.24, 2.45) is 0 Å². The van der Waals surface area contributed by atoms with Crippen molar-refractivity contribution in [2.75, 3.05) is 10.6 Å². The molecule has 1 aliphatic rings. The van der Waals surface area contributed by atoms with E-state index in [1.165, 1.54) is 12.1 Å². The third-order valence-electron chi connectivity index (χ3n) is 6.76. The normalized spacial score (nSPS) is 18.6. The van der Waals surface area contributed by atoms with Crippen LogP contribution in [-0.2, 0) is 28.9 Å². The van der Waals surface area contributed by atoms with E-state index in [2.05, 4.69) is 15.4 Å². The highest BCUT2D eigenvalue weighted by atomic mass is 32.2. The first kappa shape index (κ1) is 29.6. The first-order valence-electron chi connectivity index (χ1n) is 12.3. The molecular weight excluding hydrogens is 564 g/mol. The van der Waals surface area contributed by atoms with Crippen molar-refractivity contribution in [3.8, 4) is 0 Å². The van der Waals surface area contributed by atoms with Crippen LogP contribution < -0.4 is 26.2 Å². The van der Waals surface area contributed by atoms with Crippen molar-refractivity contribution < 1.29 is 34.8 Å². The lowest BCUT2D eigenvalue weighted by atomic mass is 9.90. The molecule has 3 N–H and O–H groups in total. The number of benzene rings is 2. The summed E-state index contributed by atoms with van der Waals surface area (Å²) in [6.07, 6.45) is -7.79. The Morgan fingerprint density at radius 2 is 1.32 bits per heavy atom. The fraction of sp³-hybridized carbons (Fsp3) is 0.385. The van der Waals surface area contributed by atoms with Gasteiger partial charge in [-0.3, -0.25) is 9.59 Å². The minimum atomic E-state index is -5.04. The van der Waals surface area contributed by atoms with Gasteiger partial charge >= 0.3 is 12.4 Å². The van der Waals surface area contributed by atoms with Gasteiger partial charge in [0.15, 0.2) is 0 Å². The SMILES string of the molecule is Cc1ccc(S(=O)(=O)N[C@@H]2CCCC[C@H]2Nc2c(NCc3cc(C(F)(F)F)cc(C(F)(F)F)c3)c(=O)c2=O)cc1. The molecule has 0 amide bonds. The van der Waals surface area contributed by atoms with Crippen LogP contribution in [0.15, 0.2) is 56.9 Å². The zero-order valence-corrected chi connectivity index (χ0v) is 21.9. The number of rotatable bonds is 8. The van der Waals surface area contributed by atoms with Gasteiger partial charge in [-0.2, -0.15) is 26.3 Å². The summed E-state index contributed by atoms with van der Waals surface area (Å²) in [5, 5.41) is 5.37. The van der Waals surface area contributed by atoms with Crippen LogP contribution in [0.5, 0.6) is 0 Å². The van der Waals surface area contributed by atoms with Crippen LogP contribution in [0.1, 0.15) is 47.9 Å². The molecule has 0 aromatic heterocycles. The third-order valence-corrected chi connectivity index (χ3v) is 8.27. The van der Waals surface area contributed by atoms with Crippen molar-refractivity contribution in [1.29, 1.82) is 0 Å². The molecule has 3 aromatic rings. The van der Waals surface area contributed by atoms with Gasteiger partial charge in [-0.15, -0.1) is 0 Å². The molecule has 0 radical (unpaired) electrons. The second-order valence-electron chi connectivity index (χ2n) is 9.75. The first-order chi connectivity index (χ1) is 18.6. The van der Waals surface area contributed by atoms with Gasteiger partial charge in [0.2, 0.25) is 10.0 Å². The summed E-state index contributed by atoms with van der Waals surface area (Å²) in [5.74, 6) is 0. The Labute approximate surface area is 225 Å². The van der Waals surface area contributed by atoms with Crippen LogP contribution >= 0.6 is 0 Å². The van der Waals surface area contributed by atoms with Gasteiger partial charge in [0.25, 0.3) is 10.9 Å². The summed E-state index contributed by atoms with van der Waals surface area (Å²) < 4.78 is 108. The molecule has 0 aliphatic heterocycles. The van der Waals surface area contributed by atoms with Crippen LogP contribution in [0.4, 0.5) is 37.7 Å². The maximum absolute atomic E-state index is 13.2. The molecule has 40 heavy (non-hydrogen) atoms. The number of halogens is 6. The zero-order valence-electron chi connectivity index (χ0n) is 21.0. The molecule has 14 heteroatoms. The van der Waals surface area contributed by atoms with E-state index in [0.29, 0.717) is 37.8 Å². The van der Waals surface area contributed by atoms with Gasteiger partial charge in [-0.25, -0.2) is 13.1 Å². The number of hydrogen-bond acceptors (Lipinski definition) is 6. The van der Waals surface area contributed by atoms with Crippen molar-refractivity contribution in [3.63, 3.8) is 0 Å². The van der Waals surface area contributed by atoms with E-state index < -0.39 is 68.6 Å². The molecule has 4 rings (SSSR count). The quantitative estimate of drug-likeness (QED) is 0.254. The maximum Gasteiger partial charge on any atom is 0.416 e. The Morgan fingerprint density at radius 1 is 0.800 bits per heavy atom. The second kappa shape index (κ2) is 10.9.